The van der Waals surface area contributed by atoms with Crippen molar-refractivity contribution in [2.75, 3.05) is 23.3 Å². The van der Waals surface area contributed by atoms with Crippen LogP contribution in [0.2, 0.25) is 0 Å². The van der Waals surface area contributed by atoms with Crippen molar-refractivity contribution in [3.63, 3.8) is 0 Å². The number of hydrogen-bond acceptors (Lipinski definition) is 4. The zero-order chi connectivity index (χ0) is 20.1. The topological polar surface area (TPSA) is 67.2 Å². The third-order valence-electron chi connectivity index (χ3n) is 4.77. The SMILES string of the molecule is CCCn1nc(C(=O)Nc2ccc(N(CC)CC)cc2)c2ccccc2c1=O. The van der Waals surface area contributed by atoms with Crippen molar-refractivity contribution in [3.05, 3.63) is 64.6 Å². The number of benzene rings is 2. The molecule has 0 saturated carbocycles. The van der Waals surface area contributed by atoms with E-state index in [4.69, 9.17) is 0 Å². The summed E-state index contributed by atoms with van der Waals surface area (Å²) in [5, 5.41) is 8.32. The minimum absolute atomic E-state index is 0.169. The number of hydrogen-bond donors (Lipinski definition) is 1. The van der Waals surface area contributed by atoms with Crippen LogP contribution in [-0.4, -0.2) is 28.8 Å². The average Bonchev–Trinajstić information content (AvgIpc) is 2.72. The normalized spacial score (nSPS) is 10.8. The molecule has 0 aliphatic rings. The highest BCUT2D eigenvalue weighted by Gasteiger charge is 2.16. The number of aromatic nitrogens is 2. The van der Waals surface area contributed by atoms with Crippen LogP contribution in [0.3, 0.4) is 0 Å². The van der Waals surface area contributed by atoms with Crippen molar-refractivity contribution >= 4 is 28.1 Å². The monoisotopic (exact) mass is 378 g/mol. The van der Waals surface area contributed by atoms with E-state index in [-0.39, 0.29) is 17.2 Å². The molecule has 0 bridgehead atoms. The zero-order valence-electron chi connectivity index (χ0n) is 16.6. The van der Waals surface area contributed by atoms with Crippen LogP contribution in [0.1, 0.15) is 37.7 Å². The third kappa shape index (κ3) is 3.91. The van der Waals surface area contributed by atoms with Crippen molar-refractivity contribution in [1.29, 1.82) is 0 Å². The predicted molar refractivity (Wildman–Crippen MR) is 114 cm³/mol. The van der Waals surface area contributed by atoms with Gasteiger partial charge in [0.1, 0.15) is 0 Å². The maximum atomic E-state index is 12.9. The first-order valence-corrected chi connectivity index (χ1v) is 9.75. The predicted octanol–water partition coefficient (Wildman–Crippen LogP) is 3.91. The minimum Gasteiger partial charge on any atom is -0.372 e. The number of rotatable bonds is 7. The number of nitrogens with zero attached hydrogens (tertiary/aromatic N) is 3. The lowest BCUT2D eigenvalue weighted by Crippen LogP contribution is -2.27. The van der Waals surface area contributed by atoms with Crippen LogP contribution in [0.15, 0.2) is 53.3 Å². The van der Waals surface area contributed by atoms with Crippen molar-refractivity contribution in [2.24, 2.45) is 0 Å². The molecule has 146 valence electrons. The fraction of sp³-hybridized carbons (Fsp3) is 0.318. The molecular formula is C22H26N4O2. The largest absolute Gasteiger partial charge is 0.372 e. The van der Waals surface area contributed by atoms with Gasteiger partial charge in [0, 0.05) is 36.4 Å². The molecule has 0 radical (unpaired) electrons. The van der Waals surface area contributed by atoms with Gasteiger partial charge in [-0.3, -0.25) is 9.59 Å². The standard InChI is InChI=1S/C22H26N4O2/c1-4-15-26-22(28)19-10-8-7-9-18(19)20(24-26)21(27)23-16-11-13-17(14-12-16)25(5-2)6-3/h7-14H,4-6,15H2,1-3H3,(H,23,27). The first kappa shape index (κ1) is 19.6. The lowest BCUT2D eigenvalue weighted by molar-refractivity contribution is 0.102. The van der Waals surface area contributed by atoms with E-state index in [1.165, 1.54) is 4.68 Å². The molecule has 0 spiro atoms. The van der Waals surface area contributed by atoms with E-state index >= 15 is 0 Å². The molecule has 0 saturated heterocycles. The van der Waals surface area contributed by atoms with Gasteiger partial charge >= 0.3 is 0 Å². The van der Waals surface area contributed by atoms with Crippen LogP contribution >= 0.6 is 0 Å². The van der Waals surface area contributed by atoms with Crippen molar-refractivity contribution < 1.29 is 4.79 Å². The van der Waals surface area contributed by atoms with Crippen LogP contribution in [-0.2, 0) is 6.54 Å². The lowest BCUT2D eigenvalue weighted by Gasteiger charge is -2.21. The number of amides is 1. The Bertz CT molecular complexity index is 1020. The quantitative estimate of drug-likeness (QED) is 0.677. The molecule has 0 aliphatic heterocycles. The smallest absolute Gasteiger partial charge is 0.276 e. The molecule has 6 heteroatoms. The van der Waals surface area contributed by atoms with E-state index in [9.17, 15) is 9.59 Å². The van der Waals surface area contributed by atoms with Crippen molar-refractivity contribution in [1.82, 2.24) is 9.78 Å². The summed E-state index contributed by atoms with van der Waals surface area (Å²) >= 11 is 0. The fourth-order valence-corrected chi connectivity index (χ4v) is 3.30. The molecule has 1 aromatic heterocycles. The summed E-state index contributed by atoms with van der Waals surface area (Å²) in [5.41, 5.74) is 1.90. The number of carbonyl (C=O) groups is 1. The Labute approximate surface area is 164 Å². The fourth-order valence-electron chi connectivity index (χ4n) is 3.30. The third-order valence-corrected chi connectivity index (χ3v) is 4.77. The van der Waals surface area contributed by atoms with Gasteiger partial charge in [-0.05, 0) is 50.6 Å². The van der Waals surface area contributed by atoms with Gasteiger partial charge in [-0.1, -0.05) is 25.1 Å². The lowest BCUT2D eigenvalue weighted by atomic mass is 10.1. The maximum Gasteiger partial charge on any atom is 0.276 e. The molecule has 3 rings (SSSR count). The Balaban J connectivity index is 1.93. The average molecular weight is 378 g/mol. The van der Waals surface area contributed by atoms with Crippen LogP contribution in [0, 0.1) is 0 Å². The second-order valence-corrected chi connectivity index (χ2v) is 6.60. The van der Waals surface area contributed by atoms with E-state index in [1.807, 2.05) is 37.3 Å². The first-order chi connectivity index (χ1) is 13.6. The Morgan fingerprint density at radius 1 is 1.00 bits per heavy atom. The highest BCUT2D eigenvalue weighted by Crippen LogP contribution is 2.19. The number of fused-ring (bicyclic) bond motifs is 1. The number of carbonyl (C=O) groups excluding carboxylic acids is 1. The van der Waals surface area contributed by atoms with Crippen LogP contribution in [0.25, 0.3) is 10.8 Å². The van der Waals surface area contributed by atoms with Crippen molar-refractivity contribution in [3.8, 4) is 0 Å². The molecular weight excluding hydrogens is 352 g/mol. The van der Waals surface area contributed by atoms with E-state index in [0.29, 0.717) is 23.0 Å². The first-order valence-electron chi connectivity index (χ1n) is 9.75. The highest BCUT2D eigenvalue weighted by molar-refractivity contribution is 6.11. The molecule has 0 fully saturated rings. The van der Waals surface area contributed by atoms with Gasteiger partial charge in [0.25, 0.3) is 11.5 Å². The van der Waals surface area contributed by atoms with E-state index < -0.39 is 0 Å². The van der Waals surface area contributed by atoms with Gasteiger partial charge in [-0.25, -0.2) is 4.68 Å². The second-order valence-electron chi connectivity index (χ2n) is 6.60. The zero-order valence-corrected chi connectivity index (χ0v) is 16.6. The van der Waals surface area contributed by atoms with Crippen LogP contribution < -0.4 is 15.8 Å². The highest BCUT2D eigenvalue weighted by atomic mass is 16.2. The van der Waals surface area contributed by atoms with Crippen molar-refractivity contribution in [2.45, 2.75) is 33.7 Å². The second kappa shape index (κ2) is 8.69. The van der Waals surface area contributed by atoms with Gasteiger partial charge in [0.15, 0.2) is 5.69 Å². The molecule has 0 atom stereocenters. The van der Waals surface area contributed by atoms with Gasteiger partial charge in [0.05, 0.1) is 5.39 Å². The van der Waals surface area contributed by atoms with Gasteiger partial charge in [-0.15, -0.1) is 0 Å². The maximum absolute atomic E-state index is 12.9. The van der Waals surface area contributed by atoms with Gasteiger partial charge in [-0.2, -0.15) is 5.10 Å². The Hall–Kier alpha value is -3.15. The molecule has 1 heterocycles. The van der Waals surface area contributed by atoms with Crippen LogP contribution in [0.4, 0.5) is 11.4 Å². The Kier molecular flexibility index (Phi) is 6.09. The summed E-state index contributed by atoms with van der Waals surface area (Å²) in [5.74, 6) is -0.323. The summed E-state index contributed by atoms with van der Waals surface area (Å²) in [6.45, 7) is 8.53. The Morgan fingerprint density at radius 3 is 2.25 bits per heavy atom. The van der Waals surface area contributed by atoms with Crippen LogP contribution in [0.5, 0.6) is 0 Å². The van der Waals surface area contributed by atoms with Gasteiger partial charge < -0.3 is 10.2 Å². The van der Waals surface area contributed by atoms with E-state index in [0.717, 1.165) is 25.2 Å². The number of anilines is 2. The molecule has 0 aliphatic carbocycles. The summed E-state index contributed by atoms with van der Waals surface area (Å²) in [6.07, 6.45) is 0.763. The van der Waals surface area contributed by atoms with E-state index in [2.05, 4.69) is 29.2 Å². The molecule has 0 unspecified atom stereocenters. The Morgan fingerprint density at radius 2 is 1.64 bits per heavy atom. The molecule has 1 N–H and O–H groups in total. The number of aryl methyl sites for hydroxylation is 1. The summed E-state index contributed by atoms with van der Waals surface area (Å²) < 4.78 is 1.38. The summed E-state index contributed by atoms with van der Waals surface area (Å²) in [4.78, 5) is 27.7. The molecule has 1 amide bonds. The summed E-state index contributed by atoms with van der Waals surface area (Å²) in [7, 11) is 0. The molecule has 28 heavy (non-hydrogen) atoms. The molecule has 3 aromatic rings. The molecule has 6 nitrogen and oxygen atoms in total. The summed E-state index contributed by atoms with van der Waals surface area (Å²) in [6, 6.07) is 14.9. The molecule has 2 aromatic carbocycles. The number of nitrogens with one attached hydrogen (secondary N) is 1. The minimum atomic E-state index is -0.323. The van der Waals surface area contributed by atoms with E-state index in [1.54, 1.807) is 18.2 Å². The van der Waals surface area contributed by atoms with Gasteiger partial charge in [0.2, 0.25) is 0 Å².